The maximum atomic E-state index is 13.1. The van der Waals surface area contributed by atoms with Gasteiger partial charge < -0.3 is 16.2 Å². The van der Waals surface area contributed by atoms with Crippen LogP contribution >= 0.6 is 11.6 Å². The van der Waals surface area contributed by atoms with Crippen LogP contribution in [0.4, 0.5) is 0 Å². The van der Waals surface area contributed by atoms with Crippen LogP contribution in [-0.4, -0.2) is 53.4 Å². The van der Waals surface area contributed by atoms with Gasteiger partial charge >= 0.3 is 0 Å². The second kappa shape index (κ2) is 12.8. The first kappa shape index (κ1) is 26.9. The molecule has 36 heavy (non-hydrogen) atoms. The van der Waals surface area contributed by atoms with Crippen LogP contribution in [0.1, 0.15) is 48.7 Å². The number of aliphatic hydroxyl groups is 1. The monoisotopic (exact) mass is 508 g/mol. The van der Waals surface area contributed by atoms with Gasteiger partial charge in [0.1, 0.15) is 12.2 Å². The number of rotatable bonds is 7. The fourth-order valence-electron chi connectivity index (χ4n) is 3.17. The summed E-state index contributed by atoms with van der Waals surface area (Å²) in [5.41, 5.74) is 8.37. The Labute approximate surface area is 214 Å². The average Bonchev–Trinajstić information content (AvgIpc) is 3.39. The van der Waals surface area contributed by atoms with E-state index >= 15 is 0 Å². The number of nitrogens with zero attached hydrogens (tertiary/aromatic N) is 6. The topological polar surface area (TPSA) is 145 Å². The molecule has 188 valence electrons. The number of carbonyl (C=O) groups is 1. The standard InChI is InChI=1S/C22H20ClN7O.C3H9NO/c1-3-21-27-13-28-30(21)18-9-15(19-5-4-17(23)11-26-19)8-16(10-18)22(31)29-14(2)20-12-24-6-7-25-20;1-3(4)2-5/h4-14H,3H2,1-2H3,(H,29,31);3,5H,2,4H2,1H3/t;3-/m.0/s1. The number of nitrogens with one attached hydrogen (secondary N) is 1. The Kier molecular flexibility index (Phi) is 9.57. The van der Waals surface area contributed by atoms with Crippen LogP contribution in [0.25, 0.3) is 16.9 Å². The van der Waals surface area contributed by atoms with E-state index in [2.05, 4.69) is 30.4 Å². The molecule has 0 saturated carbocycles. The Morgan fingerprint density at radius 1 is 1.14 bits per heavy atom. The Balaban J connectivity index is 0.000000658. The summed E-state index contributed by atoms with van der Waals surface area (Å²) in [7, 11) is 0. The lowest BCUT2D eigenvalue weighted by Crippen LogP contribution is -2.27. The second-order valence-corrected chi connectivity index (χ2v) is 8.49. The summed E-state index contributed by atoms with van der Waals surface area (Å²) >= 11 is 5.99. The van der Waals surface area contributed by atoms with E-state index in [9.17, 15) is 4.79 Å². The predicted octanol–water partition coefficient (Wildman–Crippen LogP) is 3.15. The smallest absolute Gasteiger partial charge is 0.251 e. The molecule has 4 rings (SSSR count). The molecule has 0 bridgehead atoms. The van der Waals surface area contributed by atoms with Gasteiger partial charge in [0.15, 0.2) is 0 Å². The molecule has 0 fully saturated rings. The molecule has 11 heteroatoms. The Morgan fingerprint density at radius 3 is 2.53 bits per heavy atom. The molecule has 3 aromatic heterocycles. The summed E-state index contributed by atoms with van der Waals surface area (Å²) in [6.07, 6.45) is 8.60. The van der Waals surface area contributed by atoms with E-state index in [1.807, 2.05) is 26.0 Å². The number of carbonyl (C=O) groups excluding carboxylic acids is 1. The zero-order valence-corrected chi connectivity index (χ0v) is 21.1. The van der Waals surface area contributed by atoms with Crippen molar-refractivity contribution < 1.29 is 9.90 Å². The minimum absolute atomic E-state index is 0.0602. The zero-order valence-electron chi connectivity index (χ0n) is 20.3. The van der Waals surface area contributed by atoms with Gasteiger partial charge in [0.05, 0.1) is 40.9 Å². The van der Waals surface area contributed by atoms with E-state index in [1.54, 1.807) is 54.6 Å². The van der Waals surface area contributed by atoms with Gasteiger partial charge in [-0.05, 0) is 44.2 Å². The Bertz CT molecular complexity index is 1260. The molecule has 0 aliphatic carbocycles. The van der Waals surface area contributed by atoms with Crippen molar-refractivity contribution in [3.05, 3.63) is 83.6 Å². The minimum Gasteiger partial charge on any atom is -0.395 e. The third-order valence-electron chi connectivity index (χ3n) is 5.04. The van der Waals surface area contributed by atoms with E-state index in [4.69, 9.17) is 22.4 Å². The number of amides is 1. The van der Waals surface area contributed by atoms with Gasteiger partial charge in [0.25, 0.3) is 5.91 Å². The number of hydrogen-bond acceptors (Lipinski definition) is 8. The molecule has 0 saturated heterocycles. The Hall–Kier alpha value is -3.73. The quantitative estimate of drug-likeness (QED) is 0.345. The highest BCUT2D eigenvalue weighted by atomic mass is 35.5. The lowest BCUT2D eigenvalue weighted by molar-refractivity contribution is 0.0939. The number of aryl methyl sites for hydroxylation is 1. The van der Waals surface area contributed by atoms with Gasteiger partial charge in [0.2, 0.25) is 0 Å². The minimum atomic E-state index is -0.306. The first-order valence-electron chi connectivity index (χ1n) is 11.4. The van der Waals surface area contributed by atoms with Crippen molar-refractivity contribution in [2.75, 3.05) is 6.61 Å². The molecule has 0 spiro atoms. The van der Waals surface area contributed by atoms with Gasteiger partial charge in [-0.1, -0.05) is 18.5 Å². The predicted molar refractivity (Wildman–Crippen MR) is 138 cm³/mol. The van der Waals surface area contributed by atoms with Crippen LogP contribution in [0, 0.1) is 0 Å². The van der Waals surface area contributed by atoms with Crippen LogP contribution in [0.3, 0.4) is 0 Å². The Morgan fingerprint density at radius 2 is 1.92 bits per heavy atom. The maximum absolute atomic E-state index is 13.1. The molecule has 10 nitrogen and oxygen atoms in total. The highest BCUT2D eigenvalue weighted by Crippen LogP contribution is 2.25. The van der Waals surface area contributed by atoms with Crippen LogP contribution in [0.5, 0.6) is 0 Å². The summed E-state index contributed by atoms with van der Waals surface area (Å²) in [6.45, 7) is 5.70. The van der Waals surface area contributed by atoms with Crippen molar-refractivity contribution in [3.63, 3.8) is 0 Å². The van der Waals surface area contributed by atoms with E-state index < -0.39 is 0 Å². The molecule has 1 aromatic carbocycles. The zero-order chi connectivity index (χ0) is 26.1. The normalized spacial score (nSPS) is 12.3. The van der Waals surface area contributed by atoms with Crippen LogP contribution < -0.4 is 11.1 Å². The van der Waals surface area contributed by atoms with Gasteiger partial charge in [-0.15, -0.1) is 0 Å². The number of aromatic nitrogens is 6. The number of pyridine rings is 1. The fraction of sp³-hybridized carbons (Fsp3) is 0.280. The number of hydrogen-bond donors (Lipinski definition) is 3. The molecular formula is C25H29ClN8O2. The van der Waals surface area contributed by atoms with Crippen molar-refractivity contribution in [1.82, 2.24) is 35.0 Å². The highest BCUT2D eigenvalue weighted by Gasteiger charge is 2.17. The second-order valence-electron chi connectivity index (χ2n) is 8.06. The summed E-state index contributed by atoms with van der Waals surface area (Å²) in [4.78, 5) is 30.1. The molecule has 0 radical (unpaired) electrons. The molecular weight excluding hydrogens is 480 g/mol. The number of nitrogens with two attached hydrogens (primary N) is 1. The van der Waals surface area contributed by atoms with Crippen molar-refractivity contribution in [2.24, 2.45) is 5.73 Å². The van der Waals surface area contributed by atoms with E-state index in [-0.39, 0.29) is 24.6 Å². The van der Waals surface area contributed by atoms with Crippen molar-refractivity contribution >= 4 is 17.5 Å². The number of halogens is 1. The maximum Gasteiger partial charge on any atom is 0.251 e. The third kappa shape index (κ3) is 7.14. The van der Waals surface area contributed by atoms with Gasteiger partial charge in [-0.2, -0.15) is 5.10 Å². The van der Waals surface area contributed by atoms with Gasteiger partial charge in [-0.3, -0.25) is 19.7 Å². The average molecular weight is 509 g/mol. The summed E-state index contributed by atoms with van der Waals surface area (Å²) in [5, 5.41) is 15.9. The van der Waals surface area contributed by atoms with E-state index in [0.29, 0.717) is 28.4 Å². The summed E-state index contributed by atoms with van der Waals surface area (Å²) in [5.74, 6) is 0.550. The van der Waals surface area contributed by atoms with Gasteiger partial charge in [0, 0.05) is 42.2 Å². The molecule has 4 N–H and O–H groups in total. The molecule has 0 aliphatic rings. The van der Waals surface area contributed by atoms with Crippen LogP contribution in [0.15, 0.2) is 61.4 Å². The number of aliphatic hydroxyl groups excluding tert-OH is 1. The summed E-state index contributed by atoms with van der Waals surface area (Å²) in [6, 6.07) is 8.71. The van der Waals surface area contributed by atoms with Crippen LogP contribution in [0.2, 0.25) is 5.02 Å². The van der Waals surface area contributed by atoms with Crippen LogP contribution in [-0.2, 0) is 6.42 Å². The molecule has 0 aliphatic heterocycles. The van der Waals surface area contributed by atoms with Crippen molar-refractivity contribution in [1.29, 1.82) is 0 Å². The van der Waals surface area contributed by atoms with Crippen molar-refractivity contribution in [2.45, 2.75) is 39.3 Å². The van der Waals surface area contributed by atoms with E-state index in [1.165, 1.54) is 6.33 Å². The first-order chi connectivity index (χ1) is 17.3. The highest BCUT2D eigenvalue weighted by molar-refractivity contribution is 6.30. The first-order valence-corrected chi connectivity index (χ1v) is 11.8. The van der Waals surface area contributed by atoms with E-state index in [0.717, 1.165) is 17.1 Å². The molecule has 4 aromatic rings. The lowest BCUT2D eigenvalue weighted by Gasteiger charge is -2.15. The third-order valence-corrected chi connectivity index (χ3v) is 5.27. The van der Waals surface area contributed by atoms with Gasteiger partial charge in [-0.25, -0.2) is 9.67 Å². The lowest BCUT2D eigenvalue weighted by atomic mass is 10.0. The largest absolute Gasteiger partial charge is 0.395 e. The molecule has 3 heterocycles. The SMILES string of the molecule is CCc1ncnn1-c1cc(C(=O)NC(C)c2cnccn2)cc(-c2ccc(Cl)cn2)c1.C[C@H](N)CO. The fourth-order valence-corrected chi connectivity index (χ4v) is 3.28. The molecule has 2 atom stereocenters. The summed E-state index contributed by atoms with van der Waals surface area (Å²) < 4.78 is 1.72. The van der Waals surface area contributed by atoms with Crippen molar-refractivity contribution in [3.8, 4) is 16.9 Å². The molecule has 1 amide bonds. The number of benzene rings is 1. The molecule has 1 unspecified atom stereocenters.